The first kappa shape index (κ1) is 13.2. The van der Waals surface area contributed by atoms with Crippen molar-refractivity contribution in [2.75, 3.05) is 6.61 Å². The summed E-state index contributed by atoms with van der Waals surface area (Å²) in [6, 6.07) is 2.99. The van der Waals surface area contributed by atoms with E-state index in [0.29, 0.717) is 0 Å². The number of rotatable bonds is 4. The molecule has 1 aromatic carbocycles. The number of alkyl halides is 2. The Kier molecular flexibility index (Phi) is 4.09. The topological polar surface area (TPSA) is 43.4 Å². The van der Waals surface area contributed by atoms with E-state index in [-0.39, 0.29) is 22.8 Å². The van der Waals surface area contributed by atoms with Crippen molar-refractivity contribution in [2.24, 2.45) is 0 Å². The first-order valence-corrected chi connectivity index (χ1v) is 6.66. The molecule has 0 aliphatic heterocycles. The van der Waals surface area contributed by atoms with Crippen molar-refractivity contribution in [3.63, 3.8) is 0 Å². The molecule has 3 nitrogen and oxygen atoms in total. The molecule has 0 N–H and O–H groups in total. The van der Waals surface area contributed by atoms with Crippen LogP contribution in [-0.2, 0) is 9.05 Å². The highest BCUT2D eigenvalue weighted by molar-refractivity contribution is 8.13. The van der Waals surface area contributed by atoms with E-state index in [1.807, 2.05) is 0 Å². The van der Waals surface area contributed by atoms with Crippen molar-refractivity contribution in [2.45, 2.75) is 18.2 Å². The molecule has 0 unspecified atom stereocenters. The lowest BCUT2D eigenvalue weighted by atomic mass is 10.2. The smallest absolute Gasteiger partial charge is 0.264 e. The highest BCUT2D eigenvalue weighted by atomic mass is 35.7. The van der Waals surface area contributed by atoms with Crippen LogP contribution < -0.4 is 4.74 Å². The van der Waals surface area contributed by atoms with Crippen LogP contribution in [-0.4, -0.2) is 15.0 Å². The van der Waals surface area contributed by atoms with Gasteiger partial charge in [0.25, 0.3) is 15.5 Å². The van der Waals surface area contributed by atoms with Gasteiger partial charge in [-0.05, 0) is 19.1 Å². The van der Waals surface area contributed by atoms with Crippen LogP contribution in [0.2, 0.25) is 0 Å². The minimum Gasteiger partial charge on any atom is -0.492 e. The van der Waals surface area contributed by atoms with Gasteiger partial charge in [-0.2, -0.15) is 0 Å². The second-order valence-corrected chi connectivity index (χ2v) is 5.41. The van der Waals surface area contributed by atoms with Crippen molar-refractivity contribution in [1.82, 2.24) is 0 Å². The average Bonchev–Trinajstić information content (AvgIpc) is 2.16. The summed E-state index contributed by atoms with van der Waals surface area (Å²) in [6.45, 7) is 1.77. The lowest BCUT2D eigenvalue weighted by Gasteiger charge is -2.09. The Labute approximate surface area is 96.4 Å². The predicted octanol–water partition coefficient (Wildman–Crippen LogP) is 2.95. The van der Waals surface area contributed by atoms with Gasteiger partial charge in [-0.15, -0.1) is 0 Å². The van der Waals surface area contributed by atoms with Gasteiger partial charge in [-0.25, -0.2) is 17.2 Å². The number of hydrogen-bond donors (Lipinski definition) is 0. The standard InChI is InChI=1S/C9H9ClF2O3S/c1-2-15-7-5-6(9(11)12)3-4-8(7)16(10,13)14/h3-5,9H,2H2,1H3. The average molecular weight is 271 g/mol. The van der Waals surface area contributed by atoms with Crippen LogP contribution in [0.4, 0.5) is 8.78 Å². The first-order chi connectivity index (χ1) is 7.36. The fraction of sp³-hybridized carbons (Fsp3) is 0.333. The molecule has 16 heavy (non-hydrogen) atoms. The summed E-state index contributed by atoms with van der Waals surface area (Å²) < 4.78 is 51.9. The van der Waals surface area contributed by atoms with Crippen molar-refractivity contribution < 1.29 is 21.9 Å². The lowest BCUT2D eigenvalue weighted by molar-refractivity contribution is 0.150. The molecule has 0 spiro atoms. The maximum atomic E-state index is 12.4. The molecule has 0 saturated carbocycles. The molecule has 0 fully saturated rings. The van der Waals surface area contributed by atoms with Gasteiger partial charge in [0.15, 0.2) is 0 Å². The zero-order valence-corrected chi connectivity index (χ0v) is 9.86. The predicted molar refractivity (Wildman–Crippen MR) is 55.6 cm³/mol. The molecule has 1 rings (SSSR count). The summed E-state index contributed by atoms with van der Waals surface area (Å²) in [6.07, 6.45) is -2.69. The van der Waals surface area contributed by atoms with Gasteiger partial charge in [0, 0.05) is 16.2 Å². The van der Waals surface area contributed by atoms with E-state index < -0.39 is 15.5 Å². The molecule has 90 valence electrons. The van der Waals surface area contributed by atoms with Gasteiger partial charge in [0.1, 0.15) is 10.6 Å². The number of ether oxygens (including phenoxy) is 1. The van der Waals surface area contributed by atoms with Crippen molar-refractivity contribution in [3.05, 3.63) is 23.8 Å². The van der Waals surface area contributed by atoms with E-state index in [0.717, 1.165) is 18.2 Å². The Morgan fingerprint density at radius 2 is 2.06 bits per heavy atom. The van der Waals surface area contributed by atoms with Gasteiger partial charge in [-0.1, -0.05) is 6.07 Å². The van der Waals surface area contributed by atoms with Gasteiger partial charge in [-0.3, -0.25) is 0 Å². The van der Waals surface area contributed by atoms with E-state index in [1.54, 1.807) is 6.92 Å². The lowest BCUT2D eigenvalue weighted by Crippen LogP contribution is -2.00. The van der Waals surface area contributed by atoms with Gasteiger partial charge >= 0.3 is 0 Å². The largest absolute Gasteiger partial charge is 0.492 e. The van der Waals surface area contributed by atoms with Crippen LogP contribution >= 0.6 is 10.7 Å². The maximum Gasteiger partial charge on any atom is 0.264 e. The molecule has 1 aromatic rings. The SMILES string of the molecule is CCOc1cc(C(F)F)ccc1S(=O)(=O)Cl. The van der Waals surface area contributed by atoms with Crippen molar-refractivity contribution >= 4 is 19.7 Å². The molecule has 0 atom stereocenters. The second-order valence-electron chi connectivity index (χ2n) is 2.88. The molecule has 0 aliphatic carbocycles. The monoisotopic (exact) mass is 270 g/mol. The Hall–Kier alpha value is -0.880. The normalized spacial score (nSPS) is 11.8. The summed E-state index contributed by atoms with van der Waals surface area (Å²) >= 11 is 0. The Morgan fingerprint density at radius 3 is 2.50 bits per heavy atom. The molecule has 0 radical (unpaired) electrons. The van der Waals surface area contributed by atoms with E-state index >= 15 is 0 Å². The summed E-state index contributed by atoms with van der Waals surface area (Å²) in [5.74, 6) is -0.157. The Bertz CT molecular complexity index is 474. The first-order valence-electron chi connectivity index (χ1n) is 4.35. The summed E-state index contributed by atoms with van der Waals surface area (Å²) in [7, 11) is 1.14. The molecule has 0 bridgehead atoms. The molecule has 0 aliphatic rings. The molecular formula is C9H9ClF2O3S. The van der Waals surface area contributed by atoms with Crippen LogP contribution in [0.1, 0.15) is 18.9 Å². The summed E-state index contributed by atoms with van der Waals surface area (Å²) in [5.41, 5.74) is -0.312. The van der Waals surface area contributed by atoms with Crippen LogP contribution in [0.3, 0.4) is 0 Å². The van der Waals surface area contributed by atoms with Gasteiger partial charge < -0.3 is 4.74 Å². The van der Waals surface area contributed by atoms with Gasteiger partial charge in [0.05, 0.1) is 6.61 Å². The highest BCUT2D eigenvalue weighted by Crippen LogP contribution is 2.31. The number of benzene rings is 1. The molecule has 0 aromatic heterocycles. The van der Waals surface area contributed by atoms with Gasteiger partial charge in [0.2, 0.25) is 0 Å². The number of halogens is 3. The van der Waals surface area contributed by atoms with Crippen LogP contribution in [0.25, 0.3) is 0 Å². The maximum absolute atomic E-state index is 12.4. The van der Waals surface area contributed by atoms with E-state index in [1.165, 1.54) is 0 Å². The fourth-order valence-electron chi connectivity index (χ4n) is 1.13. The van der Waals surface area contributed by atoms with Crippen LogP contribution in [0, 0.1) is 0 Å². The van der Waals surface area contributed by atoms with Crippen molar-refractivity contribution in [3.8, 4) is 5.75 Å². The van der Waals surface area contributed by atoms with Crippen LogP contribution in [0.5, 0.6) is 5.75 Å². The zero-order chi connectivity index (χ0) is 12.3. The highest BCUT2D eigenvalue weighted by Gasteiger charge is 2.19. The second kappa shape index (κ2) is 4.97. The Balaban J connectivity index is 3.30. The van der Waals surface area contributed by atoms with Crippen molar-refractivity contribution in [1.29, 1.82) is 0 Å². The third kappa shape index (κ3) is 3.05. The van der Waals surface area contributed by atoms with E-state index in [9.17, 15) is 17.2 Å². The molecule has 7 heteroatoms. The van der Waals surface area contributed by atoms with E-state index in [4.69, 9.17) is 15.4 Å². The Morgan fingerprint density at radius 1 is 1.44 bits per heavy atom. The third-order valence-corrected chi connectivity index (χ3v) is 3.14. The van der Waals surface area contributed by atoms with Crippen LogP contribution in [0.15, 0.2) is 23.1 Å². The van der Waals surface area contributed by atoms with E-state index in [2.05, 4.69) is 0 Å². The fourth-order valence-corrected chi connectivity index (χ4v) is 2.10. The molecule has 0 heterocycles. The molecular weight excluding hydrogens is 262 g/mol. The molecule has 0 saturated heterocycles. The minimum absolute atomic E-state index is 0.157. The summed E-state index contributed by atoms with van der Waals surface area (Å²) in [5, 5.41) is 0. The quantitative estimate of drug-likeness (QED) is 0.790. The molecule has 0 amide bonds. The minimum atomic E-state index is -4.00. The third-order valence-electron chi connectivity index (χ3n) is 1.78. The zero-order valence-electron chi connectivity index (χ0n) is 8.28. The summed E-state index contributed by atoms with van der Waals surface area (Å²) in [4.78, 5) is -0.305. The number of hydrogen-bond acceptors (Lipinski definition) is 3.